The molecule has 0 radical (unpaired) electrons. The molecule has 3 heteroatoms. The van der Waals surface area contributed by atoms with Crippen LogP contribution in [0.4, 0.5) is 5.69 Å². The Morgan fingerprint density at radius 3 is 2.36 bits per heavy atom. The number of allylic oxidation sites excluding steroid dienone is 1. The predicted molar refractivity (Wildman–Crippen MR) is 138 cm³/mol. The van der Waals surface area contributed by atoms with Gasteiger partial charge in [0.15, 0.2) is 18.1 Å². The summed E-state index contributed by atoms with van der Waals surface area (Å²) in [5, 5.41) is 10.4. The van der Waals surface area contributed by atoms with Gasteiger partial charge >= 0.3 is 0 Å². The molecule has 0 saturated carbocycles. The fraction of sp³-hybridized carbons (Fsp3) is 0.267. The van der Waals surface area contributed by atoms with Crippen LogP contribution in [0.5, 0.6) is 5.75 Å². The van der Waals surface area contributed by atoms with Crippen molar-refractivity contribution in [3.63, 3.8) is 0 Å². The topological polar surface area (TPSA) is 27.1 Å². The van der Waals surface area contributed by atoms with E-state index in [9.17, 15) is 5.11 Å². The number of pyridine rings is 1. The van der Waals surface area contributed by atoms with Crippen LogP contribution in [0.2, 0.25) is 0 Å². The zero-order valence-corrected chi connectivity index (χ0v) is 20.1. The Labute approximate surface area is 197 Å². The molecule has 2 aromatic carbocycles. The van der Waals surface area contributed by atoms with Crippen LogP contribution in [-0.4, -0.2) is 21.9 Å². The van der Waals surface area contributed by atoms with Gasteiger partial charge in [-0.05, 0) is 43.2 Å². The Hall–Kier alpha value is -3.46. The van der Waals surface area contributed by atoms with Gasteiger partial charge in [0.05, 0.1) is 5.41 Å². The maximum Gasteiger partial charge on any atom is 0.209 e. The normalized spacial score (nSPS) is 15.0. The van der Waals surface area contributed by atoms with Gasteiger partial charge in [0, 0.05) is 41.8 Å². The number of nitrogens with zero attached hydrogens (tertiary/aromatic N) is 2. The maximum absolute atomic E-state index is 10.4. The van der Waals surface area contributed by atoms with Crippen molar-refractivity contribution in [3.05, 3.63) is 95.3 Å². The number of aryl methyl sites for hydroxylation is 1. The molecule has 0 amide bonds. The molecule has 1 aliphatic rings. The van der Waals surface area contributed by atoms with Gasteiger partial charge in [-0.1, -0.05) is 49.8 Å². The Kier molecular flexibility index (Phi) is 6.60. The third-order valence-corrected chi connectivity index (χ3v) is 6.48. The van der Waals surface area contributed by atoms with Crippen LogP contribution in [-0.2, 0) is 12.5 Å². The van der Waals surface area contributed by atoms with Crippen molar-refractivity contribution >= 4 is 29.6 Å². The number of fused-ring (bicyclic) bond motifs is 1. The lowest BCUT2D eigenvalue weighted by Gasteiger charge is -2.15. The largest absolute Gasteiger partial charge is 0.507 e. The Bertz CT molecular complexity index is 1230. The van der Waals surface area contributed by atoms with Crippen molar-refractivity contribution in [1.82, 2.24) is 0 Å². The number of phenolic OH excluding ortho intramolecular Hbond substituents is 1. The quantitative estimate of drug-likeness (QED) is 0.432. The van der Waals surface area contributed by atoms with Crippen LogP contribution in [0, 0.1) is 0 Å². The molecule has 1 aromatic heterocycles. The molecule has 33 heavy (non-hydrogen) atoms. The van der Waals surface area contributed by atoms with Crippen LogP contribution >= 0.6 is 0 Å². The molecule has 3 nitrogen and oxygen atoms in total. The summed E-state index contributed by atoms with van der Waals surface area (Å²) in [7, 11) is 2.00. The summed E-state index contributed by atoms with van der Waals surface area (Å²) in [5.74, 6) is 0.288. The third-order valence-electron chi connectivity index (χ3n) is 6.48. The Morgan fingerprint density at radius 1 is 0.879 bits per heavy atom. The first-order chi connectivity index (χ1) is 15.9. The van der Waals surface area contributed by atoms with E-state index in [4.69, 9.17) is 0 Å². The van der Waals surface area contributed by atoms with Crippen molar-refractivity contribution in [2.75, 3.05) is 6.54 Å². The van der Waals surface area contributed by atoms with Crippen LogP contribution < -0.4 is 4.57 Å². The first-order valence-corrected chi connectivity index (χ1v) is 11.8. The van der Waals surface area contributed by atoms with Crippen molar-refractivity contribution in [3.8, 4) is 5.75 Å². The molecule has 3 aromatic rings. The number of rotatable bonds is 7. The van der Waals surface area contributed by atoms with Crippen LogP contribution in [0.3, 0.4) is 0 Å². The van der Waals surface area contributed by atoms with E-state index < -0.39 is 0 Å². The lowest BCUT2D eigenvalue weighted by Crippen LogP contribution is -2.27. The van der Waals surface area contributed by atoms with Gasteiger partial charge in [-0.25, -0.2) is 4.57 Å². The highest BCUT2D eigenvalue weighted by molar-refractivity contribution is 6.05. The van der Waals surface area contributed by atoms with Crippen LogP contribution in [0.1, 0.15) is 55.9 Å². The number of para-hydroxylation sites is 1. The minimum absolute atomic E-state index is 0.0516. The average Bonchev–Trinajstić information content (AvgIpc) is 3.03. The summed E-state index contributed by atoms with van der Waals surface area (Å²) in [6.45, 7) is 7.88. The highest BCUT2D eigenvalue weighted by atomic mass is 16.3. The zero-order valence-electron chi connectivity index (χ0n) is 20.1. The van der Waals surface area contributed by atoms with E-state index in [0.29, 0.717) is 0 Å². The molecule has 0 fully saturated rings. The van der Waals surface area contributed by atoms with E-state index in [0.717, 1.165) is 29.7 Å². The summed E-state index contributed by atoms with van der Waals surface area (Å²) in [5.41, 5.74) is 6.95. The Morgan fingerprint density at radius 2 is 1.61 bits per heavy atom. The number of benzene rings is 2. The highest BCUT2D eigenvalue weighted by Gasteiger charge is 2.43. The summed E-state index contributed by atoms with van der Waals surface area (Å²) >= 11 is 0. The molecule has 0 aliphatic carbocycles. The molecule has 0 saturated heterocycles. The molecule has 0 atom stereocenters. The smallest absolute Gasteiger partial charge is 0.209 e. The molecule has 1 aliphatic heterocycles. The lowest BCUT2D eigenvalue weighted by atomic mass is 9.81. The molecule has 1 N–H and O–H groups in total. The molecule has 0 bridgehead atoms. The summed E-state index contributed by atoms with van der Waals surface area (Å²) in [6, 6.07) is 18.6. The molecular weight excluding hydrogens is 404 g/mol. The fourth-order valence-corrected chi connectivity index (χ4v) is 4.49. The summed E-state index contributed by atoms with van der Waals surface area (Å²) < 4.78 is 4.48. The molecule has 168 valence electrons. The molecule has 0 spiro atoms. The lowest BCUT2D eigenvalue weighted by molar-refractivity contribution is -0.671. The molecule has 4 rings (SSSR count). The highest BCUT2D eigenvalue weighted by Crippen LogP contribution is 2.40. The van der Waals surface area contributed by atoms with Crippen molar-refractivity contribution in [2.24, 2.45) is 7.05 Å². The second-order valence-corrected chi connectivity index (χ2v) is 9.31. The van der Waals surface area contributed by atoms with Crippen molar-refractivity contribution in [2.45, 2.75) is 39.0 Å². The van der Waals surface area contributed by atoms with E-state index in [1.807, 2.05) is 48.3 Å². The van der Waals surface area contributed by atoms with Gasteiger partial charge < -0.3 is 5.11 Å². The number of phenols is 1. The number of hydrogen-bond donors (Lipinski definition) is 1. The SMILES string of the molecule is CCCC[N+]1=C(/C=C/c2ccc(O)c(/C=C/c3cc[n+](C)cc3)c2)C(C)(C)c2ccccc21. The van der Waals surface area contributed by atoms with Crippen molar-refractivity contribution < 1.29 is 14.2 Å². The molecular formula is C30H34N2O+2. The number of unbranched alkanes of at least 4 members (excludes halogenated alkanes) is 1. The summed E-state index contributed by atoms with van der Waals surface area (Å²) in [4.78, 5) is 0. The van der Waals surface area contributed by atoms with E-state index in [1.165, 1.54) is 23.4 Å². The summed E-state index contributed by atoms with van der Waals surface area (Å²) in [6.07, 6.45) is 14.8. The minimum atomic E-state index is -0.0516. The molecule has 2 heterocycles. The van der Waals surface area contributed by atoms with E-state index in [-0.39, 0.29) is 11.2 Å². The molecule has 0 unspecified atom stereocenters. The van der Waals surface area contributed by atoms with Gasteiger partial charge in [-0.2, -0.15) is 4.58 Å². The number of hydrogen-bond acceptors (Lipinski definition) is 1. The average molecular weight is 439 g/mol. The maximum atomic E-state index is 10.4. The minimum Gasteiger partial charge on any atom is -0.507 e. The van der Waals surface area contributed by atoms with E-state index in [1.54, 1.807) is 6.07 Å². The van der Waals surface area contributed by atoms with Gasteiger partial charge in [0.25, 0.3) is 0 Å². The van der Waals surface area contributed by atoms with Crippen LogP contribution in [0.25, 0.3) is 18.2 Å². The first kappa shape index (κ1) is 22.7. The van der Waals surface area contributed by atoms with E-state index >= 15 is 0 Å². The number of aromatic nitrogens is 1. The fourth-order valence-electron chi connectivity index (χ4n) is 4.49. The van der Waals surface area contributed by atoms with Gasteiger partial charge in [0.2, 0.25) is 5.69 Å². The zero-order chi connectivity index (χ0) is 23.4. The first-order valence-electron chi connectivity index (χ1n) is 11.8. The van der Waals surface area contributed by atoms with Gasteiger partial charge in [-0.15, -0.1) is 0 Å². The Balaban J connectivity index is 1.65. The van der Waals surface area contributed by atoms with Gasteiger partial charge in [0.1, 0.15) is 19.3 Å². The second-order valence-electron chi connectivity index (χ2n) is 9.31. The number of aromatic hydroxyl groups is 1. The van der Waals surface area contributed by atoms with E-state index in [2.05, 4.69) is 73.9 Å². The third kappa shape index (κ3) is 4.83. The van der Waals surface area contributed by atoms with Gasteiger partial charge in [-0.3, -0.25) is 0 Å². The monoisotopic (exact) mass is 438 g/mol. The predicted octanol–water partition coefficient (Wildman–Crippen LogP) is 6.28. The van der Waals surface area contributed by atoms with Crippen LogP contribution in [0.15, 0.2) is 73.1 Å². The second kappa shape index (κ2) is 9.58. The van der Waals surface area contributed by atoms with Crippen molar-refractivity contribution in [1.29, 1.82) is 0 Å². The standard InChI is InChI=1S/C30H33N2O/c1-5-6-19-32-27-10-8-7-9-26(27)30(2,3)29(32)16-13-24-12-15-28(33)25(22-24)14-11-23-17-20-31(4)21-18-23/h7-18,20-22H,5-6,19H2,1-4H3/q+1/p+1.